The van der Waals surface area contributed by atoms with Gasteiger partial charge in [0, 0.05) is 43.4 Å². The van der Waals surface area contributed by atoms with Crippen LogP contribution in [0.2, 0.25) is 0 Å². The van der Waals surface area contributed by atoms with Gasteiger partial charge in [-0.05, 0) is 47.8 Å². The molecule has 0 bridgehead atoms. The Hall–Kier alpha value is -2.45. The van der Waals surface area contributed by atoms with E-state index >= 15 is 0 Å². The van der Waals surface area contributed by atoms with Crippen molar-refractivity contribution in [1.29, 1.82) is 0 Å². The number of aryl methyl sites for hydroxylation is 1. The van der Waals surface area contributed by atoms with Gasteiger partial charge in [0.05, 0.1) is 26.8 Å². The van der Waals surface area contributed by atoms with Crippen LogP contribution in [0.5, 0.6) is 0 Å². The zero-order chi connectivity index (χ0) is 19.0. The topological polar surface area (TPSA) is 99.9 Å². The smallest absolute Gasteiger partial charge is 0.257 e. The zero-order valence-electron chi connectivity index (χ0n) is 15.0. The van der Waals surface area contributed by atoms with Crippen molar-refractivity contribution < 1.29 is 4.79 Å². The summed E-state index contributed by atoms with van der Waals surface area (Å²) in [5, 5.41) is 3.87. The molecule has 0 aromatic carbocycles. The molecule has 3 aromatic heterocycles. The molecule has 1 amide bonds. The minimum Gasteiger partial charge on any atom is -0.368 e. The Morgan fingerprint density at radius 1 is 1.37 bits per heavy atom. The molecule has 3 aromatic rings. The average Bonchev–Trinajstić information content (AvgIpc) is 3.05. The summed E-state index contributed by atoms with van der Waals surface area (Å²) in [6, 6.07) is 3.73. The summed E-state index contributed by atoms with van der Waals surface area (Å²) in [6.45, 7) is 3.59. The molecule has 8 heteroatoms. The van der Waals surface area contributed by atoms with Crippen LogP contribution in [0.4, 0.5) is 11.4 Å². The highest BCUT2D eigenvalue weighted by Gasteiger charge is 2.24. The molecule has 27 heavy (non-hydrogen) atoms. The molecule has 1 atom stereocenters. The molecular formula is C19H21BrN6O. The van der Waals surface area contributed by atoms with Crippen LogP contribution in [0.1, 0.15) is 28.9 Å². The molecule has 140 valence electrons. The number of hydrogen-bond acceptors (Lipinski definition) is 5. The van der Waals surface area contributed by atoms with E-state index in [9.17, 15) is 4.79 Å². The number of fused-ring (bicyclic) bond motifs is 1. The van der Waals surface area contributed by atoms with Gasteiger partial charge in [-0.2, -0.15) is 0 Å². The number of carbonyl (C=O) groups is 1. The highest BCUT2D eigenvalue weighted by atomic mass is 79.9. The number of carbonyl (C=O) groups excluding carboxylic acids is 1. The SMILES string of the molecule is Cc1ccc(C(=O)Nc2c[nH]c3ncc(Br)c(N4CCCC(N)C4)c23)cn1. The maximum atomic E-state index is 12.7. The van der Waals surface area contributed by atoms with E-state index in [-0.39, 0.29) is 11.9 Å². The van der Waals surface area contributed by atoms with Crippen molar-refractivity contribution in [1.82, 2.24) is 15.0 Å². The Labute approximate surface area is 165 Å². The van der Waals surface area contributed by atoms with Crippen molar-refractivity contribution in [2.24, 2.45) is 5.73 Å². The first-order valence-electron chi connectivity index (χ1n) is 8.93. The second kappa shape index (κ2) is 7.28. The summed E-state index contributed by atoms with van der Waals surface area (Å²) in [4.78, 5) is 26.7. The van der Waals surface area contributed by atoms with Gasteiger partial charge in [-0.3, -0.25) is 9.78 Å². The van der Waals surface area contributed by atoms with Crippen molar-refractivity contribution in [2.45, 2.75) is 25.8 Å². The number of pyridine rings is 2. The van der Waals surface area contributed by atoms with Crippen LogP contribution < -0.4 is 16.0 Å². The van der Waals surface area contributed by atoms with E-state index in [1.54, 1.807) is 24.7 Å². The largest absolute Gasteiger partial charge is 0.368 e. The summed E-state index contributed by atoms with van der Waals surface area (Å²) >= 11 is 3.63. The Kier molecular flexibility index (Phi) is 4.84. The predicted octanol–water partition coefficient (Wildman–Crippen LogP) is 3.21. The van der Waals surface area contributed by atoms with Gasteiger partial charge in [0.1, 0.15) is 5.65 Å². The number of H-pyrrole nitrogens is 1. The van der Waals surface area contributed by atoms with Gasteiger partial charge in [0.2, 0.25) is 0 Å². The fourth-order valence-electron chi connectivity index (χ4n) is 3.47. The number of aromatic nitrogens is 3. The molecule has 0 aliphatic carbocycles. The van der Waals surface area contributed by atoms with Gasteiger partial charge in [-0.25, -0.2) is 4.98 Å². The van der Waals surface area contributed by atoms with Crippen molar-refractivity contribution in [2.75, 3.05) is 23.3 Å². The Morgan fingerprint density at radius 2 is 2.22 bits per heavy atom. The van der Waals surface area contributed by atoms with Crippen LogP contribution >= 0.6 is 15.9 Å². The van der Waals surface area contributed by atoms with Crippen LogP contribution in [-0.4, -0.2) is 40.0 Å². The van der Waals surface area contributed by atoms with Crippen molar-refractivity contribution in [3.8, 4) is 0 Å². The molecule has 0 spiro atoms. The van der Waals surface area contributed by atoms with E-state index in [4.69, 9.17) is 5.73 Å². The molecule has 0 saturated carbocycles. The lowest BCUT2D eigenvalue weighted by atomic mass is 10.1. The first-order valence-corrected chi connectivity index (χ1v) is 9.72. The standard InChI is InChI=1S/C19H21BrN6O/c1-11-4-5-12(7-22-11)19(27)25-15-9-24-18-16(15)17(14(20)8-23-18)26-6-2-3-13(21)10-26/h4-5,7-9,13H,2-3,6,10,21H2,1H3,(H,23,24)(H,25,27). The maximum absolute atomic E-state index is 12.7. The number of piperidine rings is 1. The van der Waals surface area contributed by atoms with Gasteiger partial charge >= 0.3 is 0 Å². The molecule has 1 unspecified atom stereocenters. The average molecular weight is 429 g/mol. The van der Waals surface area contributed by atoms with Crippen LogP contribution in [0.15, 0.2) is 35.2 Å². The molecule has 1 fully saturated rings. The highest BCUT2D eigenvalue weighted by Crippen LogP contribution is 2.38. The first-order chi connectivity index (χ1) is 13.0. The van der Waals surface area contributed by atoms with E-state index in [2.05, 4.69) is 41.1 Å². The minimum atomic E-state index is -0.204. The second-order valence-electron chi connectivity index (χ2n) is 6.87. The first kappa shape index (κ1) is 17.9. The predicted molar refractivity (Wildman–Crippen MR) is 110 cm³/mol. The van der Waals surface area contributed by atoms with Gasteiger partial charge in [-0.15, -0.1) is 0 Å². The van der Waals surface area contributed by atoms with Crippen LogP contribution in [0.3, 0.4) is 0 Å². The summed E-state index contributed by atoms with van der Waals surface area (Å²) < 4.78 is 0.885. The third-order valence-electron chi connectivity index (χ3n) is 4.83. The van der Waals surface area contributed by atoms with Crippen LogP contribution in [0, 0.1) is 6.92 Å². The molecule has 4 rings (SSSR count). The van der Waals surface area contributed by atoms with E-state index in [1.807, 2.05) is 13.0 Å². The number of amides is 1. The maximum Gasteiger partial charge on any atom is 0.257 e. The van der Waals surface area contributed by atoms with Gasteiger partial charge < -0.3 is 20.9 Å². The summed E-state index contributed by atoms with van der Waals surface area (Å²) in [5.74, 6) is -0.204. The van der Waals surface area contributed by atoms with Gasteiger partial charge in [0.15, 0.2) is 0 Å². The number of halogens is 1. The van der Waals surface area contributed by atoms with Crippen LogP contribution in [-0.2, 0) is 0 Å². The van der Waals surface area contributed by atoms with Gasteiger partial charge in [0.25, 0.3) is 5.91 Å². The fourth-order valence-corrected chi connectivity index (χ4v) is 4.02. The lowest BCUT2D eigenvalue weighted by Gasteiger charge is -2.33. The molecule has 1 saturated heterocycles. The van der Waals surface area contributed by atoms with Crippen molar-refractivity contribution >= 4 is 44.2 Å². The molecule has 0 radical (unpaired) electrons. The molecule has 1 aliphatic rings. The molecular weight excluding hydrogens is 408 g/mol. The lowest BCUT2D eigenvalue weighted by Crippen LogP contribution is -2.43. The molecule has 4 heterocycles. The molecule has 1 aliphatic heterocycles. The molecule has 7 nitrogen and oxygen atoms in total. The summed E-state index contributed by atoms with van der Waals surface area (Å²) in [7, 11) is 0. The number of aromatic amines is 1. The summed E-state index contributed by atoms with van der Waals surface area (Å²) in [5.41, 5.74) is 9.99. The Balaban J connectivity index is 1.72. The second-order valence-corrected chi connectivity index (χ2v) is 7.73. The van der Waals surface area contributed by atoms with Crippen molar-refractivity contribution in [3.05, 3.63) is 46.5 Å². The third-order valence-corrected chi connectivity index (χ3v) is 5.41. The number of nitrogens with zero attached hydrogens (tertiary/aromatic N) is 3. The normalized spacial score (nSPS) is 17.3. The quantitative estimate of drug-likeness (QED) is 0.594. The summed E-state index contributed by atoms with van der Waals surface area (Å²) in [6.07, 6.45) is 7.21. The fraction of sp³-hybridized carbons (Fsp3) is 0.316. The molecule has 4 N–H and O–H groups in total. The van der Waals surface area contributed by atoms with E-state index in [1.165, 1.54) is 0 Å². The Bertz CT molecular complexity index is 984. The number of rotatable bonds is 3. The number of nitrogens with two attached hydrogens (primary N) is 1. The zero-order valence-corrected chi connectivity index (χ0v) is 16.6. The number of hydrogen-bond donors (Lipinski definition) is 3. The van der Waals surface area contributed by atoms with E-state index in [0.29, 0.717) is 11.3 Å². The number of nitrogens with one attached hydrogen (secondary N) is 2. The van der Waals surface area contributed by atoms with Gasteiger partial charge in [-0.1, -0.05) is 0 Å². The van der Waals surface area contributed by atoms with E-state index in [0.717, 1.165) is 52.8 Å². The minimum absolute atomic E-state index is 0.143. The van der Waals surface area contributed by atoms with E-state index < -0.39 is 0 Å². The third kappa shape index (κ3) is 3.54. The monoisotopic (exact) mass is 428 g/mol. The Morgan fingerprint density at radius 3 is 2.96 bits per heavy atom. The highest BCUT2D eigenvalue weighted by molar-refractivity contribution is 9.10. The van der Waals surface area contributed by atoms with Crippen molar-refractivity contribution in [3.63, 3.8) is 0 Å². The number of anilines is 2. The van der Waals surface area contributed by atoms with Crippen LogP contribution in [0.25, 0.3) is 11.0 Å². The lowest BCUT2D eigenvalue weighted by molar-refractivity contribution is 0.102.